The maximum absolute atomic E-state index is 15.9. The fourth-order valence-corrected chi connectivity index (χ4v) is 31.5. The number of hydrogen-bond donors (Lipinski definition) is 4. The number of hydrogen-bond acceptors (Lipinski definition) is 24. The van der Waals surface area contributed by atoms with Crippen molar-refractivity contribution in [3.8, 4) is 23.0 Å². The van der Waals surface area contributed by atoms with E-state index in [-0.39, 0.29) is 73.2 Å². The minimum Gasteiger partial charge on any atom is -0.502 e. The Morgan fingerprint density at radius 3 is 1.02 bits per heavy atom. The van der Waals surface area contributed by atoms with E-state index in [1.54, 1.807) is 77.0 Å². The Balaban J connectivity index is 0.000000101. The molecule has 0 bridgehead atoms. The third kappa shape index (κ3) is 13.8. The second kappa shape index (κ2) is 35.4. The lowest BCUT2D eigenvalue weighted by atomic mass is 9.80. The summed E-state index contributed by atoms with van der Waals surface area (Å²) in [6.07, 6.45) is 14.2. The molecule has 4 unspecified atom stereocenters. The molecule has 4 aromatic heterocycles. The van der Waals surface area contributed by atoms with Gasteiger partial charge in [0.25, 0.3) is 23.6 Å². The van der Waals surface area contributed by atoms with Crippen LogP contribution in [0.2, 0.25) is 0 Å². The van der Waals surface area contributed by atoms with Crippen LogP contribution in [0.3, 0.4) is 0 Å². The maximum Gasteiger partial charge on any atom is 0.278 e. The highest BCUT2D eigenvalue weighted by Gasteiger charge is 2.61. The van der Waals surface area contributed by atoms with Gasteiger partial charge in [0, 0.05) is 138 Å². The van der Waals surface area contributed by atoms with Gasteiger partial charge in [-0.05, 0) is 143 Å². The van der Waals surface area contributed by atoms with Crippen molar-refractivity contribution in [3.63, 3.8) is 0 Å². The van der Waals surface area contributed by atoms with E-state index in [4.69, 9.17) is 18.9 Å². The average molecular weight is 2020 g/mol. The van der Waals surface area contributed by atoms with Crippen molar-refractivity contribution in [2.45, 2.75) is 165 Å². The first-order valence-corrected chi connectivity index (χ1v) is 52.3. The van der Waals surface area contributed by atoms with Gasteiger partial charge >= 0.3 is 0 Å². The van der Waals surface area contributed by atoms with Crippen LogP contribution < -0.4 is 41.8 Å². The Morgan fingerprint density at radius 1 is 0.319 bits per heavy atom. The fourth-order valence-electron chi connectivity index (χ4n) is 25.8. The van der Waals surface area contributed by atoms with Gasteiger partial charge in [0.05, 0.1) is 64.9 Å². The van der Waals surface area contributed by atoms with Gasteiger partial charge in [0.2, 0.25) is 21.7 Å². The Labute approximate surface area is 838 Å². The lowest BCUT2D eigenvalue weighted by Crippen LogP contribution is -2.71. The van der Waals surface area contributed by atoms with Crippen LogP contribution in [0.15, 0.2) is 246 Å². The predicted octanol–water partition coefficient (Wildman–Crippen LogP) is 14.1. The van der Waals surface area contributed by atoms with Gasteiger partial charge < -0.3 is 59.0 Å². The first-order valence-electron chi connectivity index (χ1n) is 48.7. The van der Waals surface area contributed by atoms with Gasteiger partial charge in [-0.3, -0.25) is 77.1 Å². The number of carbonyl (C=O) groups excluding carboxylic acids is 4. The molecule has 16 heterocycles. The van der Waals surface area contributed by atoms with Crippen LogP contribution in [0.25, 0.3) is 0 Å². The van der Waals surface area contributed by atoms with Crippen LogP contribution in [0, 0.1) is 23.3 Å². The summed E-state index contributed by atoms with van der Waals surface area (Å²) in [5.41, 5.74) is 9.88. The molecule has 4 saturated heterocycles. The molecule has 736 valence electrons. The number of aromatic hydroxyl groups is 4. The number of fused-ring (bicyclic) bond motifs is 18. The van der Waals surface area contributed by atoms with Crippen molar-refractivity contribution in [1.82, 2.24) is 38.3 Å². The van der Waals surface area contributed by atoms with Crippen LogP contribution in [0.1, 0.15) is 196 Å². The number of morpholine rings is 4. The van der Waals surface area contributed by atoms with Crippen molar-refractivity contribution in [1.29, 1.82) is 0 Å². The molecule has 4 amide bonds. The summed E-state index contributed by atoms with van der Waals surface area (Å²) in [6, 6.07) is 55.1. The molecule has 6 fully saturated rings. The minimum absolute atomic E-state index is 0.0281. The Morgan fingerprint density at radius 2 is 0.639 bits per heavy atom. The number of rotatable bonds is 4. The quantitative estimate of drug-likeness (QED) is 0.119. The average Bonchev–Trinajstić information content (AvgIpc) is 1.54. The van der Waals surface area contributed by atoms with E-state index in [0.29, 0.717) is 101 Å². The summed E-state index contributed by atoms with van der Waals surface area (Å²) in [7, 11) is 0. The third-order valence-electron chi connectivity index (χ3n) is 31.8. The number of pyridine rings is 4. The van der Waals surface area contributed by atoms with E-state index in [0.717, 1.165) is 95.9 Å². The second-order valence-corrected chi connectivity index (χ2v) is 43.8. The lowest BCUT2D eigenvalue weighted by molar-refractivity contribution is -0.0258. The number of halogens is 4. The number of nitrogens with zero attached hydrogens (tertiary/aromatic N) is 12. The van der Waals surface area contributed by atoms with E-state index in [2.05, 4.69) is 94.9 Å². The zero-order valence-corrected chi connectivity index (χ0v) is 80.9. The lowest BCUT2D eigenvalue weighted by Gasteiger charge is -2.56. The molecule has 8 atom stereocenters. The molecule has 4 aliphatic carbocycles. The molecule has 12 aliphatic heterocycles. The van der Waals surface area contributed by atoms with E-state index in [1.165, 1.54) is 100 Å². The first-order chi connectivity index (χ1) is 70.0. The zero-order valence-electron chi connectivity index (χ0n) is 77.7. The Kier molecular flexibility index (Phi) is 22.6. The van der Waals surface area contributed by atoms with Crippen LogP contribution in [0.5, 0.6) is 23.0 Å². The molecular weight excluding hydrogens is 1930 g/mol. The highest BCUT2D eigenvalue weighted by Crippen LogP contribution is 2.64. The highest BCUT2D eigenvalue weighted by atomic mass is 32.2. The van der Waals surface area contributed by atoms with Gasteiger partial charge in [0.15, 0.2) is 69.0 Å². The standard InChI is InChI=1S/2C28H25F2N3O4S.2C26H23N3O4S/c2*29-18-8-7-17-22(23(18)30)28(10-3-4-11-28)38-20-6-2-1-5-16(20)24(17)33-21-15-37-14-13-31(21)27(36)25-26(35)19(34)9-12-32(25)33;2*30-19-9-11-28-23(24(19)31)25(32)27-12-13-33-14-21(27)29(28)26-10-8-16-5-3-7-20(22(16)26)34-15-17-4-1-2-6-18(17)26/h2*1-2,5-9,12,21,24,35H,3-4,10-11,13-15H2;2*1-7,9,11,21,31H,8,10,12-15H2/t21-,24-;;21-,26+;/m1.1./s1. The van der Waals surface area contributed by atoms with Gasteiger partial charge in [-0.1, -0.05) is 147 Å². The molecule has 2 spiro atoms. The molecule has 8 aromatic carbocycles. The molecule has 36 heteroatoms. The first kappa shape index (κ1) is 92.0. The summed E-state index contributed by atoms with van der Waals surface area (Å²) in [5, 5.41) is 51.3. The minimum atomic E-state index is -0.890. The predicted molar refractivity (Wildman–Crippen MR) is 529 cm³/mol. The summed E-state index contributed by atoms with van der Waals surface area (Å²) < 4.78 is 90.3. The van der Waals surface area contributed by atoms with E-state index < -0.39 is 125 Å². The SMILES string of the molecule is O=C1c2c(O)c(=O)ccn2N(C23CCc4cccc(c42)SCc2ccccc23)C2COCCN12.O=C1c2c(O)c(=O)ccn2N(C2c3ccccc3SC3(CCCC3)c3c2ccc(F)c3F)C2COCCN12.O=C1c2c(O)c(=O)ccn2N([C@@H]2c3ccccc3SC3(CCCC3)c3c2ccc(F)c3F)[C@@H]2COCCN12.O=C1c2c(O)c(=O)ccn2N([C@]23CCc4cccc(c42)SCc2ccccc23)[C@@H]2COCCN12. The maximum atomic E-state index is 15.9. The molecule has 12 aromatic rings. The zero-order chi connectivity index (χ0) is 98.4. The molecule has 28 nitrogen and oxygen atoms in total. The van der Waals surface area contributed by atoms with Crippen molar-refractivity contribution in [2.24, 2.45) is 0 Å². The monoisotopic (exact) mass is 2020 g/mol. The van der Waals surface area contributed by atoms with Crippen LogP contribution >= 0.6 is 47.0 Å². The smallest absolute Gasteiger partial charge is 0.278 e. The fraction of sp³-hybridized carbons (Fsp3) is 0.333. The number of thioether (sulfide) groups is 4. The third-order valence-corrected chi connectivity index (χ3v) is 37.2. The van der Waals surface area contributed by atoms with Gasteiger partial charge in [-0.2, -0.15) is 0 Å². The van der Waals surface area contributed by atoms with Crippen LogP contribution in [-0.2, 0) is 63.9 Å². The van der Waals surface area contributed by atoms with Crippen molar-refractivity contribution >= 4 is 70.7 Å². The van der Waals surface area contributed by atoms with Crippen molar-refractivity contribution in [2.75, 3.05) is 99.1 Å². The number of ether oxygens (including phenoxy) is 4. The topological polar surface area (TPSA) is 300 Å². The van der Waals surface area contributed by atoms with Crippen molar-refractivity contribution in [3.05, 3.63) is 372 Å². The molecule has 28 rings (SSSR count). The van der Waals surface area contributed by atoms with E-state index in [9.17, 15) is 67.6 Å². The number of aryl methyl sites for hydroxylation is 2. The molecular formula is C108H96F4N12O16S4. The van der Waals surface area contributed by atoms with Crippen LogP contribution in [-0.4, -0.2) is 186 Å². The number of carbonyl (C=O) groups is 4. The highest BCUT2D eigenvalue weighted by molar-refractivity contribution is 8.00. The Hall–Kier alpha value is -13.2. The summed E-state index contributed by atoms with van der Waals surface area (Å²) in [6.45, 7) is 3.87. The number of amides is 4. The second-order valence-electron chi connectivity index (χ2n) is 38.9. The molecule has 144 heavy (non-hydrogen) atoms. The van der Waals surface area contributed by atoms with Gasteiger partial charge in [-0.25, -0.2) is 17.6 Å². The normalized spacial score (nSPS) is 24.1. The Bertz CT molecular complexity index is 7240. The van der Waals surface area contributed by atoms with Crippen molar-refractivity contribution < 1.29 is 76.1 Å². The van der Waals surface area contributed by atoms with Gasteiger partial charge in [0.1, 0.15) is 35.7 Å². The molecule has 4 N–H and O–H groups in total. The summed E-state index contributed by atoms with van der Waals surface area (Å²) >= 11 is 6.85. The molecule has 16 aliphatic rings. The summed E-state index contributed by atoms with van der Waals surface area (Å²) in [5.74, 6) is -5.65. The van der Waals surface area contributed by atoms with Crippen LogP contribution in [0.4, 0.5) is 17.6 Å². The number of aromatic nitrogens is 4. The largest absolute Gasteiger partial charge is 0.502 e. The van der Waals surface area contributed by atoms with E-state index >= 15 is 8.78 Å². The molecule has 2 saturated carbocycles. The summed E-state index contributed by atoms with van der Waals surface area (Å²) in [4.78, 5) is 115. The van der Waals surface area contributed by atoms with E-state index in [1.807, 2.05) is 82.1 Å². The number of benzene rings is 8. The molecule has 0 radical (unpaired) electrons. The van der Waals surface area contributed by atoms with Gasteiger partial charge in [-0.15, -0.1) is 47.0 Å².